The molecule has 1 rings (SSSR count). The summed E-state index contributed by atoms with van der Waals surface area (Å²) >= 11 is 0. The number of rotatable bonds is 2. The van der Waals surface area contributed by atoms with Crippen molar-refractivity contribution < 1.29 is 9.90 Å². The Kier molecular flexibility index (Phi) is 2.35. The minimum absolute atomic E-state index is 0.410. The lowest BCUT2D eigenvalue weighted by Crippen LogP contribution is -2.21. The molecule has 1 unspecified atom stereocenters. The lowest BCUT2D eigenvalue weighted by Gasteiger charge is -2.04. The van der Waals surface area contributed by atoms with E-state index in [9.17, 15) is 4.79 Å². The van der Waals surface area contributed by atoms with Gasteiger partial charge in [-0.1, -0.05) is 0 Å². The molecule has 5 heteroatoms. The van der Waals surface area contributed by atoms with E-state index in [1.54, 1.807) is 6.92 Å². The van der Waals surface area contributed by atoms with Crippen LogP contribution in [0.5, 0.6) is 0 Å². The van der Waals surface area contributed by atoms with Gasteiger partial charge in [-0.05, 0) is 6.92 Å². The van der Waals surface area contributed by atoms with Crippen molar-refractivity contribution in [3.63, 3.8) is 0 Å². The SMILES string of the molecule is Cc1ncc(C(N)C(=O)O)cn1. The zero-order valence-corrected chi connectivity index (χ0v) is 6.56. The van der Waals surface area contributed by atoms with E-state index in [-0.39, 0.29) is 0 Å². The molecule has 0 spiro atoms. The van der Waals surface area contributed by atoms with Gasteiger partial charge < -0.3 is 10.8 Å². The third-order valence-electron chi connectivity index (χ3n) is 1.43. The Morgan fingerprint density at radius 3 is 2.50 bits per heavy atom. The highest BCUT2D eigenvalue weighted by molar-refractivity contribution is 5.74. The average Bonchev–Trinajstić information content (AvgIpc) is 2.04. The minimum Gasteiger partial charge on any atom is -0.480 e. The highest BCUT2D eigenvalue weighted by Gasteiger charge is 2.14. The summed E-state index contributed by atoms with van der Waals surface area (Å²) < 4.78 is 0. The van der Waals surface area contributed by atoms with Crippen LogP contribution < -0.4 is 5.73 Å². The van der Waals surface area contributed by atoms with E-state index in [0.717, 1.165) is 0 Å². The monoisotopic (exact) mass is 167 g/mol. The molecule has 12 heavy (non-hydrogen) atoms. The first kappa shape index (κ1) is 8.61. The Labute approximate surface area is 69.3 Å². The van der Waals surface area contributed by atoms with Crippen molar-refractivity contribution >= 4 is 5.97 Å². The maximum atomic E-state index is 10.4. The van der Waals surface area contributed by atoms with Crippen molar-refractivity contribution in [2.45, 2.75) is 13.0 Å². The summed E-state index contributed by atoms with van der Waals surface area (Å²) in [6.45, 7) is 1.72. The normalized spacial score (nSPS) is 12.5. The van der Waals surface area contributed by atoms with E-state index in [1.807, 2.05) is 0 Å². The van der Waals surface area contributed by atoms with E-state index in [1.165, 1.54) is 12.4 Å². The molecule has 0 aliphatic rings. The first-order valence-electron chi connectivity index (χ1n) is 3.38. The molecule has 0 aromatic carbocycles. The van der Waals surface area contributed by atoms with Gasteiger partial charge in [0.05, 0.1) is 0 Å². The van der Waals surface area contributed by atoms with Crippen LogP contribution in [0.15, 0.2) is 12.4 Å². The highest BCUT2D eigenvalue weighted by Crippen LogP contribution is 2.06. The number of hydrogen-bond acceptors (Lipinski definition) is 4. The summed E-state index contributed by atoms with van der Waals surface area (Å²) in [5, 5.41) is 8.52. The van der Waals surface area contributed by atoms with Gasteiger partial charge in [-0.3, -0.25) is 4.79 Å². The minimum atomic E-state index is -1.08. The summed E-state index contributed by atoms with van der Waals surface area (Å²) in [5.74, 6) is -0.487. The Morgan fingerprint density at radius 2 is 2.08 bits per heavy atom. The summed E-state index contributed by atoms with van der Waals surface area (Å²) in [7, 11) is 0. The van der Waals surface area contributed by atoms with Gasteiger partial charge >= 0.3 is 5.97 Å². The van der Waals surface area contributed by atoms with E-state index in [0.29, 0.717) is 11.4 Å². The molecule has 0 radical (unpaired) electrons. The van der Waals surface area contributed by atoms with Crippen molar-refractivity contribution in [1.82, 2.24) is 9.97 Å². The predicted molar refractivity (Wildman–Crippen MR) is 41.3 cm³/mol. The van der Waals surface area contributed by atoms with Crippen LogP contribution in [0, 0.1) is 6.92 Å². The van der Waals surface area contributed by atoms with E-state index in [4.69, 9.17) is 10.8 Å². The van der Waals surface area contributed by atoms with Crippen LogP contribution in [-0.4, -0.2) is 21.0 Å². The van der Waals surface area contributed by atoms with Gasteiger partial charge in [0.25, 0.3) is 0 Å². The van der Waals surface area contributed by atoms with Crippen LogP contribution in [0.1, 0.15) is 17.4 Å². The lowest BCUT2D eigenvalue weighted by atomic mass is 10.2. The van der Waals surface area contributed by atoms with Gasteiger partial charge in [-0.2, -0.15) is 0 Å². The number of carboxylic acid groups (broad SMARTS) is 1. The fourth-order valence-corrected chi connectivity index (χ4v) is 0.706. The maximum absolute atomic E-state index is 10.4. The molecule has 1 heterocycles. The fourth-order valence-electron chi connectivity index (χ4n) is 0.706. The first-order valence-corrected chi connectivity index (χ1v) is 3.38. The van der Waals surface area contributed by atoms with E-state index in [2.05, 4.69) is 9.97 Å². The average molecular weight is 167 g/mol. The second kappa shape index (κ2) is 3.27. The second-order valence-electron chi connectivity index (χ2n) is 2.38. The van der Waals surface area contributed by atoms with Crippen LogP contribution in [0.3, 0.4) is 0 Å². The quantitative estimate of drug-likeness (QED) is 0.640. The van der Waals surface area contributed by atoms with Crippen molar-refractivity contribution in [1.29, 1.82) is 0 Å². The Bertz CT molecular complexity index is 283. The van der Waals surface area contributed by atoms with Gasteiger partial charge in [0.2, 0.25) is 0 Å². The number of aromatic nitrogens is 2. The number of carbonyl (C=O) groups is 1. The fraction of sp³-hybridized carbons (Fsp3) is 0.286. The molecule has 1 atom stereocenters. The van der Waals surface area contributed by atoms with Crippen LogP contribution >= 0.6 is 0 Å². The van der Waals surface area contributed by atoms with Crippen molar-refractivity contribution in [2.24, 2.45) is 5.73 Å². The van der Waals surface area contributed by atoms with Crippen LogP contribution in [0.2, 0.25) is 0 Å². The number of nitrogens with zero attached hydrogens (tertiary/aromatic N) is 2. The maximum Gasteiger partial charge on any atom is 0.325 e. The predicted octanol–water partition coefficient (Wildman–Crippen LogP) is -0.131. The smallest absolute Gasteiger partial charge is 0.325 e. The van der Waals surface area contributed by atoms with Gasteiger partial charge in [-0.15, -0.1) is 0 Å². The molecular formula is C7H9N3O2. The second-order valence-corrected chi connectivity index (χ2v) is 2.38. The molecule has 0 bridgehead atoms. The largest absolute Gasteiger partial charge is 0.480 e. The van der Waals surface area contributed by atoms with E-state index < -0.39 is 12.0 Å². The van der Waals surface area contributed by atoms with Crippen LogP contribution in [0.4, 0.5) is 0 Å². The Morgan fingerprint density at radius 1 is 1.58 bits per heavy atom. The van der Waals surface area contributed by atoms with Gasteiger partial charge in [0, 0.05) is 18.0 Å². The standard InChI is InChI=1S/C7H9N3O2/c1-4-9-2-5(3-10-4)6(8)7(11)12/h2-3,6H,8H2,1H3,(H,11,12). The molecule has 3 N–H and O–H groups in total. The molecule has 1 aromatic rings. The number of carboxylic acids is 1. The topological polar surface area (TPSA) is 89.1 Å². The van der Waals surface area contributed by atoms with Gasteiger partial charge in [0.1, 0.15) is 11.9 Å². The Hall–Kier alpha value is -1.49. The van der Waals surface area contributed by atoms with Crippen LogP contribution in [-0.2, 0) is 4.79 Å². The number of aliphatic carboxylic acids is 1. The molecule has 0 saturated carbocycles. The van der Waals surface area contributed by atoms with Crippen molar-refractivity contribution in [3.05, 3.63) is 23.8 Å². The highest BCUT2D eigenvalue weighted by atomic mass is 16.4. The number of nitrogens with two attached hydrogens (primary N) is 1. The zero-order chi connectivity index (χ0) is 9.14. The number of hydrogen-bond donors (Lipinski definition) is 2. The zero-order valence-electron chi connectivity index (χ0n) is 6.56. The molecule has 5 nitrogen and oxygen atoms in total. The third kappa shape index (κ3) is 1.76. The molecular weight excluding hydrogens is 158 g/mol. The van der Waals surface area contributed by atoms with E-state index >= 15 is 0 Å². The first-order chi connectivity index (χ1) is 5.61. The molecule has 0 saturated heterocycles. The number of aryl methyl sites for hydroxylation is 1. The Balaban J connectivity index is 2.89. The van der Waals surface area contributed by atoms with Crippen LogP contribution in [0.25, 0.3) is 0 Å². The van der Waals surface area contributed by atoms with Gasteiger partial charge in [-0.25, -0.2) is 9.97 Å². The van der Waals surface area contributed by atoms with Crippen molar-refractivity contribution in [2.75, 3.05) is 0 Å². The molecule has 0 amide bonds. The summed E-state index contributed by atoms with van der Waals surface area (Å²) in [5.41, 5.74) is 5.72. The molecule has 64 valence electrons. The molecule has 0 aliphatic carbocycles. The summed E-state index contributed by atoms with van der Waals surface area (Å²) in [6, 6.07) is -1.04. The third-order valence-corrected chi connectivity index (χ3v) is 1.43. The lowest BCUT2D eigenvalue weighted by molar-refractivity contribution is -0.138. The van der Waals surface area contributed by atoms with Gasteiger partial charge in [0.15, 0.2) is 0 Å². The summed E-state index contributed by atoms with van der Waals surface area (Å²) in [4.78, 5) is 18.1. The molecule has 0 fully saturated rings. The molecule has 0 aliphatic heterocycles. The summed E-state index contributed by atoms with van der Waals surface area (Å²) in [6.07, 6.45) is 2.84. The molecule has 1 aromatic heterocycles. The van der Waals surface area contributed by atoms with Crippen molar-refractivity contribution in [3.8, 4) is 0 Å².